The molecule has 7 nitrogen and oxygen atoms in total. The second kappa shape index (κ2) is 12.4. The first-order valence-electron chi connectivity index (χ1n) is 13.3. The Morgan fingerprint density at radius 3 is 2.11 bits per heavy atom. The van der Waals surface area contributed by atoms with Crippen LogP contribution in [0.4, 0.5) is 5.69 Å². The highest BCUT2D eigenvalue weighted by molar-refractivity contribution is 6.04. The van der Waals surface area contributed by atoms with Crippen molar-refractivity contribution >= 4 is 17.5 Å². The van der Waals surface area contributed by atoms with Crippen molar-refractivity contribution in [2.75, 3.05) is 44.6 Å². The minimum absolute atomic E-state index is 0.0147. The fourth-order valence-electron chi connectivity index (χ4n) is 5.25. The van der Waals surface area contributed by atoms with Gasteiger partial charge in [-0.25, -0.2) is 0 Å². The van der Waals surface area contributed by atoms with Gasteiger partial charge in [0.25, 0.3) is 11.8 Å². The molecule has 2 aromatic carbocycles. The monoisotopic (exact) mass is 492 g/mol. The summed E-state index contributed by atoms with van der Waals surface area (Å²) in [5, 5.41) is 2.96. The van der Waals surface area contributed by atoms with Crippen molar-refractivity contribution in [2.45, 2.75) is 58.7 Å². The molecule has 2 amide bonds. The van der Waals surface area contributed by atoms with E-state index in [4.69, 9.17) is 4.74 Å². The largest absolute Gasteiger partial charge is 0.484 e. The number of hydrogen-bond donors (Lipinski definition) is 1. The quantitative estimate of drug-likeness (QED) is 0.597. The van der Waals surface area contributed by atoms with Crippen LogP contribution in [0, 0.1) is 0 Å². The van der Waals surface area contributed by atoms with E-state index in [1.54, 1.807) is 24.3 Å². The summed E-state index contributed by atoms with van der Waals surface area (Å²) >= 11 is 0. The first-order chi connectivity index (χ1) is 17.4. The summed E-state index contributed by atoms with van der Waals surface area (Å²) in [6, 6.07) is 15.5. The Hall–Kier alpha value is -2.90. The van der Waals surface area contributed by atoms with E-state index in [9.17, 15) is 9.59 Å². The number of likely N-dealkylation sites (tertiary alicyclic amines) is 1. The number of benzene rings is 2. The summed E-state index contributed by atoms with van der Waals surface area (Å²) in [6.45, 7) is 12.9. The Kier molecular flexibility index (Phi) is 8.99. The van der Waals surface area contributed by atoms with E-state index in [2.05, 4.69) is 48.0 Å². The number of anilines is 1. The van der Waals surface area contributed by atoms with Gasteiger partial charge in [-0.1, -0.05) is 19.1 Å². The van der Waals surface area contributed by atoms with Crippen LogP contribution in [0.5, 0.6) is 5.75 Å². The van der Waals surface area contributed by atoms with Gasteiger partial charge in [-0.3, -0.25) is 14.5 Å². The average molecular weight is 493 g/mol. The Balaban J connectivity index is 1.24. The second-order valence-electron chi connectivity index (χ2n) is 10.1. The zero-order chi connectivity index (χ0) is 25.5. The van der Waals surface area contributed by atoms with E-state index in [-0.39, 0.29) is 30.5 Å². The van der Waals surface area contributed by atoms with Crippen molar-refractivity contribution in [3.05, 3.63) is 59.7 Å². The highest BCUT2D eigenvalue weighted by Gasteiger charge is 2.29. The number of amides is 2. The minimum atomic E-state index is -0.169. The summed E-state index contributed by atoms with van der Waals surface area (Å²) in [4.78, 5) is 32.3. The molecule has 2 atom stereocenters. The lowest BCUT2D eigenvalue weighted by Crippen LogP contribution is -2.49. The number of piperidine rings is 1. The van der Waals surface area contributed by atoms with Crippen LogP contribution in [0.3, 0.4) is 0 Å². The van der Waals surface area contributed by atoms with Gasteiger partial charge in [-0.15, -0.1) is 0 Å². The molecule has 0 aromatic heterocycles. The Morgan fingerprint density at radius 2 is 1.50 bits per heavy atom. The molecule has 0 saturated carbocycles. The molecule has 2 saturated heterocycles. The maximum absolute atomic E-state index is 12.7. The minimum Gasteiger partial charge on any atom is -0.484 e. The van der Waals surface area contributed by atoms with Gasteiger partial charge in [0.05, 0.1) is 0 Å². The summed E-state index contributed by atoms with van der Waals surface area (Å²) in [5.41, 5.74) is 2.57. The van der Waals surface area contributed by atoms with Crippen molar-refractivity contribution in [3.8, 4) is 5.75 Å². The van der Waals surface area contributed by atoms with Crippen LogP contribution in [0.15, 0.2) is 48.5 Å². The number of nitrogens with zero attached hydrogens (tertiary/aromatic N) is 3. The lowest BCUT2D eigenvalue weighted by molar-refractivity contribution is -0.139. The summed E-state index contributed by atoms with van der Waals surface area (Å²) in [5.74, 6) is 0.432. The molecule has 2 unspecified atom stereocenters. The van der Waals surface area contributed by atoms with Gasteiger partial charge in [-0.2, -0.15) is 0 Å². The molecule has 2 aromatic rings. The third-order valence-corrected chi connectivity index (χ3v) is 7.49. The second-order valence-corrected chi connectivity index (χ2v) is 10.1. The van der Waals surface area contributed by atoms with Crippen LogP contribution in [0.2, 0.25) is 0 Å². The smallest absolute Gasteiger partial charge is 0.260 e. The van der Waals surface area contributed by atoms with Crippen molar-refractivity contribution in [1.82, 2.24) is 14.7 Å². The fraction of sp³-hybridized carbons (Fsp3) is 0.517. The van der Waals surface area contributed by atoms with Crippen molar-refractivity contribution in [3.63, 3.8) is 0 Å². The van der Waals surface area contributed by atoms with E-state index >= 15 is 0 Å². The van der Waals surface area contributed by atoms with Gasteiger partial charge in [0.1, 0.15) is 5.75 Å². The van der Waals surface area contributed by atoms with E-state index in [0.717, 1.165) is 64.2 Å². The zero-order valence-corrected chi connectivity index (χ0v) is 21.9. The highest BCUT2D eigenvalue weighted by Crippen LogP contribution is 2.23. The molecule has 36 heavy (non-hydrogen) atoms. The van der Waals surface area contributed by atoms with Gasteiger partial charge in [0, 0.05) is 56.1 Å². The van der Waals surface area contributed by atoms with Crippen LogP contribution < -0.4 is 10.1 Å². The topological polar surface area (TPSA) is 65.1 Å². The number of likely N-dealkylation sites (N-methyl/N-ethyl adjacent to an activating group) is 1. The molecular formula is C29H40N4O3. The first kappa shape index (κ1) is 26.2. The summed E-state index contributed by atoms with van der Waals surface area (Å²) in [6.07, 6.45) is 3.25. The zero-order valence-electron chi connectivity index (χ0n) is 21.9. The van der Waals surface area contributed by atoms with Crippen LogP contribution in [-0.2, 0) is 11.3 Å². The SMILES string of the molecule is CCN1CCN(Cc2ccc(NC(=O)c3ccc(OCC(=O)N4C(C)CCCC4C)cc3)cc2)CC1. The van der Waals surface area contributed by atoms with Gasteiger partial charge >= 0.3 is 0 Å². The van der Waals surface area contributed by atoms with E-state index in [1.807, 2.05) is 17.0 Å². The first-order valence-corrected chi connectivity index (χ1v) is 13.3. The molecule has 4 rings (SSSR count). The fourth-order valence-corrected chi connectivity index (χ4v) is 5.25. The van der Waals surface area contributed by atoms with Crippen LogP contribution in [0.1, 0.15) is 56.0 Å². The van der Waals surface area contributed by atoms with Gasteiger partial charge < -0.3 is 19.9 Å². The third kappa shape index (κ3) is 6.86. The average Bonchev–Trinajstić information content (AvgIpc) is 2.89. The third-order valence-electron chi connectivity index (χ3n) is 7.49. The number of rotatable bonds is 8. The molecule has 2 aliphatic rings. The van der Waals surface area contributed by atoms with Crippen molar-refractivity contribution in [1.29, 1.82) is 0 Å². The van der Waals surface area contributed by atoms with E-state index < -0.39 is 0 Å². The predicted molar refractivity (Wildman–Crippen MR) is 143 cm³/mol. The molecule has 2 heterocycles. The highest BCUT2D eigenvalue weighted by atomic mass is 16.5. The lowest BCUT2D eigenvalue weighted by atomic mass is 9.97. The van der Waals surface area contributed by atoms with Gasteiger partial charge in [-0.05, 0) is 81.6 Å². The number of carbonyl (C=O) groups is 2. The number of piperazine rings is 1. The molecule has 0 spiro atoms. The number of carbonyl (C=O) groups excluding carboxylic acids is 2. The van der Waals surface area contributed by atoms with Crippen LogP contribution in [0.25, 0.3) is 0 Å². The van der Waals surface area contributed by atoms with Crippen LogP contribution >= 0.6 is 0 Å². The molecule has 1 N–H and O–H groups in total. The lowest BCUT2D eigenvalue weighted by Gasteiger charge is -2.38. The van der Waals surface area contributed by atoms with Crippen LogP contribution in [-0.4, -0.2) is 77.9 Å². The van der Waals surface area contributed by atoms with Gasteiger partial charge in [0.2, 0.25) is 0 Å². The number of nitrogens with one attached hydrogen (secondary N) is 1. The summed E-state index contributed by atoms with van der Waals surface area (Å²) < 4.78 is 5.73. The molecular weight excluding hydrogens is 452 g/mol. The Bertz CT molecular complexity index is 990. The molecule has 2 aliphatic heterocycles. The molecule has 7 heteroatoms. The predicted octanol–water partition coefficient (Wildman–Crippen LogP) is 4.24. The standard InChI is InChI=1S/C29H40N4O3/c1-4-31-16-18-32(19-17-31)20-24-8-12-26(13-9-24)30-29(35)25-10-14-27(15-11-25)36-21-28(34)33-22(2)6-5-7-23(33)3/h8-15,22-23H,4-7,16-21H2,1-3H3,(H,30,35). The summed E-state index contributed by atoms with van der Waals surface area (Å²) in [7, 11) is 0. The van der Waals surface area contributed by atoms with E-state index in [1.165, 1.54) is 5.56 Å². The maximum atomic E-state index is 12.7. The Morgan fingerprint density at radius 1 is 0.889 bits per heavy atom. The molecule has 0 bridgehead atoms. The van der Waals surface area contributed by atoms with Crippen molar-refractivity contribution < 1.29 is 14.3 Å². The Labute approximate surface area is 215 Å². The maximum Gasteiger partial charge on any atom is 0.260 e. The molecule has 2 fully saturated rings. The molecule has 194 valence electrons. The van der Waals surface area contributed by atoms with Crippen molar-refractivity contribution in [2.24, 2.45) is 0 Å². The molecule has 0 radical (unpaired) electrons. The number of ether oxygens (including phenoxy) is 1. The number of hydrogen-bond acceptors (Lipinski definition) is 5. The normalized spacial score (nSPS) is 21.2. The molecule has 0 aliphatic carbocycles. The van der Waals surface area contributed by atoms with Gasteiger partial charge in [0.15, 0.2) is 6.61 Å². The van der Waals surface area contributed by atoms with E-state index in [0.29, 0.717) is 11.3 Å².